The Morgan fingerprint density at radius 3 is 2.81 bits per heavy atom. The van der Waals surface area contributed by atoms with E-state index in [1.165, 1.54) is 12.1 Å². The SMILES string of the molecule is NCCCN(C(=O)CCc1ccco1)c1cccc(F)c1. The van der Waals surface area contributed by atoms with Gasteiger partial charge in [0.15, 0.2) is 0 Å². The highest BCUT2D eigenvalue weighted by molar-refractivity contribution is 5.93. The van der Waals surface area contributed by atoms with Crippen LogP contribution in [-0.4, -0.2) is 19.0 Å². The molecule has 1 aromatic carbocycles. The Morgan fingerprint density at radius 1 is 1.29 bits per heavy atom. The second kappa shape index (κ2) is 7.59. The van der Waals surface area contributed by atoms with Gasteiger partial charge in [0, 0.05) is 25.1 Å². The van der Waals surface area contributed by atoms with E-state index < -0.39 is 0 Å². The number of rotatable bonds is 7. The molecule has 0 atom stereocenters. The molecule has 5 heteroatoms. The predicted molar refractivity (Wildman–Crippen MR) is 79.5 cm³/mol. The first-order chi connectivity index (χ1) is 10.2. The standard InChI is InChI=1S/C16H19FN2O2/c17-13-4-1-5-14(12-13)19(10-3-9-18)16(20)8-7-15-6-2-11-21-15/h1-2,4-6,11-12H,3,7-10,18H2. The van der Waals surface area contributed by atoms with Crippen LogP contribution >= 0.6 is 0 Å². The molecule has 2 N–H and O–H groups in total. The summed E-state index contributed by atoms with van der Waals surface area (Å²) in [5.74, 6) is 0.343. The van der Waals surface area contributed by atoms with Crippen LogP contribution in [0.25, 0.3) is 0 Å². The second-order valence-corrected chi connectivity index (χ2v) is 4.75. The van der Waals surface area contributed by atoms with Gasteiger partial charge in [-0.15, -0.1) is 0 Å². The van der Waals surface area contributed by atoms with Crippen molar-refractivity contribution in [3.05, 3.63) is 54.2 Å². The van der Waals surface area contributed by atoms with Gasteiger partial charge >= 0.3 is 0 Å². The molecule has 0 saturated carbocycles. The van der Waals surface area contributed by atoms with Gasteiger partial charge in [0.25, 0.3) is 0 Å². The monoisotopic (exact) mass is 290 g/mol. The highest BCUT2D eigenvalue weighted by Crippen LogP contribution is 2.18. The molecule has 1 aromatic heterocycles. The normalized spacial score (nSPS) is 10.6. The number of nitrogens with zero attached hydrogens (tertiary/aromatic N) is 1. The number of benzene rings is 1. The Kier molecular flexibility index (Phi) is 5.51. The molecule has 21 heavy (non-hydrogen) atoms. The number of nitrogens with two attached hydrogens (primary N) is 1. The number of hydrogen-bond acceptors (Lipinski definition) is 3. The van der Waals surface area contributed by atoms with E-state index in [4.69, 9.17) is 10.2 Å². The number of furan rings is 1. The Labute approximate surface area is 123 Å². The molecule has 1 amide bonds. The van der Waals surface area contributed by atoms with Crippen molar-refractivity contribution in [2.45, 2.75) is 19.3 Å². The topological polar surface area (TPSA) is 59.5 Å². The number of aryl methyl sites for hydroxylation is 1. The maximum atomic E-state index is 13.3. The summed E-state index contributed by atoms with van der Waals surface area (Å²) in [4.78, 5) is 14.0. The van der Waals surface area contributed by atoms with Crippen LogP contribution in [0.3, 0.4) is 0 Å². The third-order valence-corrected chi connectivity index (χ3v) is 3.17. The van der Waals surface area contributed by atoms with Crippen molar-refractivity contribution in [2.24, 2.45) is 5.73 Å². The van der Waals surface area contributed by atoms with Crippen molar-refractivity contribution in [1.29, 1.82) is 0 Å². The minimum Gasteiger partial charge on any atom is -0.469 e. The predicted octanol–water partition coefficient (Wildman–Crippen LogP) is 2.73. The largest absolute Gasteiger partial charge is 0.469 e. The average Bonchev–Trinajstić information content (AvgIpc) is 2.99. The Balaban J connectivity index is 2.05. The minimum atomic E-state index is -0.357. The number of amides is 1. The van der Waals surface area contributed by atoms with Crippen LogP contribution < -0.4 is 10.6 Å². The van der Waals surface area contributed by atoms with Crippen LogP contribution in [0, 0.1) is 5.82 Å². The Morgan fingerprint density at radius 2 is 2.14 bits per heavy atom. The molecule has 0 aliphatic carbocycles. The van der Waals surface area contributed by atoms with E-state index in [1.807, 2.05) is 6.07 Å². The molecule has 0 fully saturated rings. The number of anilines is 1. The summed E-state index contributed by atoms with van der Waals surface area (Å²) >= 11 is 0. The molecular weight excluding hydrogens is 271 g/mol. The average molecular weight is 290 g/mol. The van der Waals surface area contributed by atoms with E-state index in [0.717, 1.165) is 5.76 Å². The van der Waals surface area contributed by atoms with Crippen LogP contribution in [0.2, 0.25) is 0 Å². The van der Waals surface area contributed by atoms with Crippen molar-refractivity contribution in [3.8, 4) is 0 Å². The van der Waals surface area contributed by atoms with Gasteiger partial charge in [-0.25, -0.2) is 4.39 Å². The minimum absolute atomic E-state index is 0.0644. The summed E-state index contributed by atoms with van der Waals surface area (Å²) < 4.78 is 18.6. The third-order valence-electron chi connectivity index (χ3n) is 3.17. The summed E-state index contributed by atoms with van der Waals surface area (Å²) in [6.07, 6.45) is 3.09. The molecule has 0 aliphatic heterocycles. The van der Waals surface area contributed by atoms with E-state index in [9.17, 15) is 9.18 Å². The number of hydrogen-bond donors (Lipinski definition) is 1. The molecule has 2 rings (SSSR count). The van der Waals surface area contributed by atoms with Crippen LogP contribution in [0.15, 0.2) is 47.1 Å². The van der Waals surface area contributed by atoms with Gasteiger partial charge in [0.05, 0.1) is 6.26 Å². The van der Waals surface area contributed by atoms with Gasteiger partial charge < -0.3 is 15.1 Å². The number of carbonyl (C=O) groups is 1. The lowest BCUT2D eigenvalue weighted by Gasteiger charge is -2.22. The van der Waals surface area contributed by atoms with Crippen LogP contribution in [0.1, 0.15) is 18.6 Å². The van der Waals surface area contributed by atoms with E-state index >= 15 is 0 Å². The zero-order valence-corrected chi connectivity index (χ0v) is 11.8. The summed E-state index contributed by atoms with van der Waals surface area (Å²) in [7, 11) is 0. The fourth-order valence-corrected chi connectivity index (χ4v) is 2.11. The van der Waals surface area contributed by atoms with Crippen molar-refractivity contribution >= 4 is 11.6 Å². The molecule has 0 saturated heterocycles. The number of carbonyl (C=O) groups excluding carboxylic acids is 1. The van der Waals surface area contributed by atoms with E-state index in [0.29, 0.717) is 38.0 Å². The zero-order chi connectivity index (χ0) is 15.1. The van der Waals surface area contributed by atoms with Gasteiger partial charge in [0.2, 0.25) is 5.91 Å². The molecule has 0 radical (unpaired) electrons. The Bertz CT molecular complexity index is 569. The summed E-state index contributed by atoms with van der Waals surface area (Å²) in [6.45, 7) is 0.966. The molecule has 0 aliphatic rings. The fraction of sp³-hybridized carbons (Fsp3) is 0.312. The molecule has 112 valence electrons. The van der Waals surface area contributed by atoms with Crippen molar-refractivity contribution in [3.63, 3.8) is 0 Å². The van der Waals surface area contributed by atoms with Gasteiger partial charge in [-0.3, -0.25) is 4.79 Å². The van der Waals surface area contributed by atoms with Crippen LogP contribution in [0.5, 0.6) is 0 Å². The van der Waals surface area contributed by atoms with Crippen molar-refractivity contribution in [2.75, 3.05) is 18.0 Å². The molecule has 0 unspecified atom stereocenters. The lowest BCUT2D eigenvalue weighted by Crippen LogP contribution is -2.33. The molecular formula is C16H19FN2O2. The molecule has 4 nitrogen and oxygen atoms in total. The van der Waals surface area contributed by atoms with Gasteiger partial charge in [-0.1, -0.05) is 6.07 Å². The van der Waals surface area contributed by atoms with E-state index in [2.05, 4.69) is 0 Å². The third kappa shape index (κ3) is 4.43. The highest BCUT2D eigenvalue weighted by Gasteiger charge is 2.16. The van der Waals surface area contributed by atoms with Gasteiger partial charge in [-0.2, -0.15) is 0 Å². The van der Waals surface area contributed by atoms with Crippen LogP contribution in [-0.2, 0) is 11.2 Å². The highest BCUT2D eigenvalue weighted by atomic mass is 19.1. The molecule has 1 heterocycles. The molecule has 2 aromatic rings. The Hall–Kier alpha value is -2.14. The van der Waals surface area contributed by atoms with Crippen molar-refractivity contribution in [1.82, 2.24) is 0 Å². The fourth-order valence-electron chi connectivity index (χ4n) is 2.11. The lowest BCUT2D eigenvalue weighted by molar-refractivity contribution is -0.118. The first kappa shape index (κ1) is 15.3. The van der Waals surface area contributed by atoms with Gasteiger partial charge in [0.1, 0.15) is 11.6 Å². The second-order valence-electron chi connectivity index (χ2n) is 4.75. The quantitative estimate of drug-likeness (QED) is 0.853. The first-order valence-electron chi connectivity index (χ1n) is 6.99. The molecule has 0 bridgehead atoms. The molecule has 0 spiro atoms. The zero-order valence-electron chi connectivity index (χ0n) is 11.8. The first-order valence-corrected chi connectivity index (χ1v) is 6.99. The number of halogens is 1. The maximum absolute atomic E-state index is 13.3. The smallest absolute Gasteiger partial charge is 0.227 e. The van der Waals surface area contributed by atoms with Crippen LogP contribution in [0.4, 0.5) is 10.1 Å². The van der Waals surface area contributed by atoms with Gasteiger partial charge in [-0.05, 0) is 43.3 Å². The summed E-state index contributed by atoms with van der Waals surface area (Å²) in [6, 6.07) is 9.67. The summed E-state index contributed by atoms with van der Waals surface area (Å²) in [5, 5.41) is 0. The van der Waals surface area contributed by atoms with E-state index in [1.54, 1.807) is 29.4 Å². The lowest BCUT2D eigenvalue weighted by atomic mass is 10.2. The summed E-state index contributed by atoms with van der Waals surface area (Å²) in [5.41, 5.74) is 6.07. The maximum Gasteiger partial charge on any atom is 0.227 e. The van der Waals surface area contributed by atoms with Crippen molar-refractivity contribution < 1.29 is 13.6 Å². The van der Waals surface area contributed by atoms with E-state index in [-0.39, 0.29) is 11.7 Å².